The van der Waals surface area contributed by atoms with Crippen LogP contribution >= 0.6 is 11.5 Å². The molecular formula is C21H14N4O3S. The number of hydrogen-bond acceptors (Lipinski definition) is 6. The minimum Gasteiger partial charge on any atom is -0.455 e. The predicted octanol–water partition coefficient (Wildman–Crippen LogP) is 4.35. The maximum Gasteiger partial charge on any atom is 0.320 e. The zero-order chi connectivity index (χ0) is 20.4. The van der Waals surface area contributed by atoms with E-state index in [1.807, 2.05) is 18.2 Å². The van der Waals surface area contributed by atoms with Gasteiger partial charge in [0.15, 0.2) is 5.75 Å². The zero-order valence-electron chi connectivity index (χ0n) is 15.2. The van der Waals surface area contributed by atoms with Crippen LogP contribution in [-0.4, -0.2) is 20.8 Å². The summed E-state index contributed by atoms with van der Waals surface area (Å²) in [6, 6.07) is 17.5. The van der Waals surface area contributed by atoms with Gasteiger partial charge in [0.2, 0.25) is 0 Å². The molecule has 7 nitrogen and oxygen atoms in total. The van der Waals surface area contributed by atoms with Crippen LogP contribution in [0.2, 0.25) is 0 Å². The van der Waals surface area contributed by atoms with Crippen molar-refractivity contribution in [3.8, 4) is 17.6 Å². The number of aromatic nitrogens is 2. The van der Waals surface area contributed by atoms with Crippen LogP contribution in [0.1, 0.15) is 16.1 Å². The fourth-order valence-corrected chi connectivity index (χ4v) is 3.48. The number of para-hydroxylation sites is 1. The molecule has 1 N–H and O–H groups in total. The minimum atomic E-state index is -0.765. The Kier molecular flexibility index (Phi) is 4.81. The van der Waals surface area contributed by atoms with E-state index in [9.17, 15) is 9.59 Å². The first-order chi connectivity index (χ1) is 14.0. The third-order valence-electron chi connectivity index (χ3n) is 4.16. The number of rotatable bonds is 3. The van der Waals surface area contributed by atoms with Crippen LogP contribution in [0, 0.1) is 18.3 Å². The zero-order valence-corrected chi connectivity index (χ0v) is 16.1. The summed E-state index contributed by atoms with van der Waals surface area (Å²) in [7, 11) is 0. The minimum absolute atomic E-state index is 0.431. The smallest absolute Gasteiger partial charge is 0.320 e. The molecule has 0 saturated heterocycles. The number of benzene rings is 2. The highest BCUT2D eigenvalue weighted by atomic mass is 32.1. The summed E-state index contributed by atoms with van der Waals surface area (Å²) in [6.45, 7) is 1.81. The number of fused-ring (bicyclic) bond motifs is 1. The van der Waals surface area contributed by atoms with E-state index in [1.54, 1.807) is 49.4 Å². The van der Waals surface area contributed by atoms with E-state index in [1.165, 1.54) is 10.8 Å². The Morgan fingerprint density at radius 2 is 1.93 bits per heavy atom. The first-order valence-corrected chi connectivity index (χ1v) is 9.39. The average Bonchev–Trinajstić information content (AvgIpc) is 3.31. The molecule has 0 aliphatic carbocycles. The molecule has 142 valence electrons. The Morgan fingerprint density at radius 1 is 1.17 bits per heavy atom. The van der Waals surface area contributed by atoms with E-state index in [0.717, 1.165) is 17.2 Å². The summed E-state index contributed by atoms with van der Waals surface area (Å²) < 4.78 is 11.2. The number of nitriles is 1. The summed E-state index contributed by atoms with van der Waals surface area (Å²) in [5.41, 5.74) is 1.84. The second-order valence-electron chi connectivity index (χ2n) is 6.21. The van der Waals surface area contributed by atoms with Gasteiger partial charge in [0.05, 0.1) is 29.0 Å². The molecule has 0 unspecified atom stereocenters. The highest BCUT2D eigenvalue weighted by Gasteiger charge is 2.21. The third-order valence-corrected chi connectivity index (χ3v) is 4.96. The standard InChI is InChI=1S/C21H14N4O3S/c1-13-10-19(29-24-13)23-20(26)21(27)25-12-18(16-4-2-3-5-17(16)25)28-15-8-6-14(11-22)7-9-15/h2-10,12H,1H3,(H,23,26). The van der Waals surface area contributed by atoms with Gasteiger partial charge in [-0.3, -0.25) is 14.2 Å². The van der Waals surface area contributed by atoms with E-state index < -0.39 is 11.8 Å². The number of ether oxygens (including phenoxy) is 1. The molecule has 29 heavy (non-hydrogen) atoms. The van der Waals surface area contributed by atoms with Crippen molar-refractivity contribution in [2.24, 2.45) is 0 Å². The molecule has 2 heterocycles. The lowest BCUT2D eigenvalue weighted by Crippen LogP contribution is -2.27. The third kappa shape index (κ3) is 3.72. The molecule has 0 saturated carbocycles. The van der Waals surface area contributed by atoms with Gasteiger partial charge in [-0.1, -0.05) is 12.1 Å². The van der Waals surface area contributed by atoms with E-state index in [4.69, 9.17) is 10.00 Å². The number of aryl methyl sites for hydroxylation is 1. The lowest BCUT2D eigenvalue weighted by Gasteiger charge is -2.04. The second-order valence-corrected chi connectivity index (χ2v) is 7.02. The van der Waals surface area contributed by atoms with Crippen molar-refractivity contribution in [3.63, 3.8) is 0 Å². The Labute approximate surface area is 169 Å². The van der Waals surface area contributed by atoms with Crippen molar-refractivity contribution < 1.29 is 14.3 Å². The van der Waals surface area contributed by atoms with Gasteiger partial charge >= 0.3 is 11.8 Å². The van der Waals surface area contributed by atoms with Crippen molar-refractivity contribution in [1.29, 1.82) is 5.26 Å². The van der Waals surface area contributed by atoms with E-state index in [-0.39, 0.29) is 0 Å². The lowest BCUT2D eigenvalue weighted by molar-refractivity contribution is -0.112. The summed E-state index contributed by atoms with van der Waals surface area (Å²) in [6.07, 6.45) is 1.49. The fraction of sp³-hybridized carbons (Fsp3) is 0.0476. The molecule has 0 aliphatic heterocycles. The molecule has 4 rings (SSSR count). The Balaban J connectivity index is 1.65. The SMILES string of the molecule is Cc1cc(NC(=O)C(=O)n2cc(Oc3ccc(C#N)cc3)c3ccccc32)sn1. The lowest BCUT2D eigenvalue weighted by atomic mass is 10.2. The van der Waals surface area contributed by atoms with Crippen molar-refractivity contribution >= 4 is 39.3 Å². The van der Waals surface area contributed by atoms with Crippen molar-refractivity contribution in [2.45, 2.75) is 6.92 Å². The monoisotopic (exact) mass is 402 g/mol. The van der Waals surface area contributed by atoms with E-state index >= 15 is 0 Å². The molecule has 2 aromatic heterocycles. The average molecular weight is 402 g/mol. The quantitative estimate of drug-likeness (QED) is 0.514. The van der Waals surface area contributed by atoms with Crippen molar-refractivity contribution in [3.05, 3.63) is 72.1 Å². The maximum atomic E-state index is 12.8. The summed E-state index contributed by atoms with van der Waals surface area (Å²) in [4.78, 5) is 25.2. The van der Waals surface area contributed by atoms with Gasteiger partial charge in [-0.05, 0) is 60.9 Å². The summed E-state index contributed by atoms with van der Waals surface area (Å²) in [5, 5.41) is 12.7. The van der Waals surface area contributed by atoms with E-state index in [2.05, 4.69) is 9.69 Å². The molecule has 1 amide bonds. The topological polar surface area (TPSA) is 97.0 Å². The second kappa shape index (κ2) is 7.58. The first kappa shape index (κ1) is 18.4. The number of nitrogens with one attached hydrogen (secondary N) is 1. The molecule has 0 aliphatic rings. The Hall–Kier alpha value is -3.96. The first-order valence-electron chi connectivity index (χ1n) is 8.62. The fourth-order valence-electron chi connectivity index (χ4n) is 2.82. The number of carbonyl (C=O) groups excluding carboxylic acids is 2. The predicted molar refractivity (Wildman–Crippen MR) is 109 cm³/mol. The number of anilines is 1. The van der Waals surface area contributed by atoms with Crippen LogP contribution in [-0.2, 0) is 4.79 Å². The number of hydrogen-bond donors (Lipinski definition) is 1. The number of nitrogens with zero attached hydrogens (tertiary/aromatic N) is 3. The summed E-state index contributed by atoms with van der Waals surface area (Å²) >= 11 is 1.11. The van der Waals surface area contributed by atoms with Gasteiger partial charge in [-0.15, -0.1) is 0 Å². The van der Waals surface area contributed by atoms with Crippen molar-refractivity contribution in [2.75, 3.05) is 5.32 Å². The van der Waals surface area contributed by atoms with Crippen molar-refractivity contribution in [1.82, 2.24) is 8.94 Å². The Bertz CT molecular complexity index is 1270. The van der Waals surface area contributed by atoms with Gasteiger partial charge in [0.1, 0.15) is 10.8 Å². The molecule has 0 radical (unpaired) electrons. The van der Waals surface area contributed by atoms with Crippen LogP contribution in [0.25, 0.3) is 10.9 Å². The number of amides is 1. The summed E-state index contributed by atoms with van der Waals surface area (Å²) in [5.74, 6) is -0.551. The molecule has 0 atom stereocenters. The Morgan fingerprint density at radius 3 is 2.62 bits per heavy atom. The molecule has 0 bridgehead atoms. The van der Waals surface area contributed by atoms with Crippen LogP contribution in [0.4, 0.5) is 5.00 Å². The van der Waals surface area contributed by atoms with Crippen LogP contribution in [0.15, 0.2) is 60.8 Å². The van der Waals surface area contributed by atoms with E-state index in [0.29, 0.717) is 33.0 Å². The molecular weight excluding hydrogens is 388 g/mol. The highest BCUT2D eigenvalue weighted by molar-refractivity contribution is 7.10. The van der Waals surface area contributed by atoms with Gasteiger partial charge in [0.25, 0.3) is 0 Å². The largest absolute Gasteiger partial charge is 0.455 e. The van der Waals surface area contributed by atoms with Crippen LogP contribution < -0.4 is 10.1 Å². The molecule has 0 fully saturated rings. The highest BCUT2D eigenvalue weighted by Crippen LogP contribution is 2.32. The van der Waals surface area contributed by atoms with Crippen LogP contribution in [0.3, 0.4) is 0 Å². The van der Waals surface area contributed by atoms with Gasteiger partial charge in [-0.25, -0.2) is 0 Å². The molecule has 4 aromatic rings. The molecule has 0 spiro atoms. The molecule has 2 aromatic carbocycles. The number of carbonyl (C=O) groups is 2. The van der Waals surface area contributed by atoms with Gasteiger partial charge < -0.3 is 10.1 Å². The van der Waals surface area contributed by atoms with Gasteiger partial charge in [0, 0.05) is 5.39 Å². The molecule has 8 heteroatoms. The normalized spacial score (nSPS) is 10.5. The van der Waals surface area contributed by atoms with Gasteiger partial charge in [-0.2, -0.15) is 9.64 Å². The maximum absolute atomic E-state index is 12.8. The van der Waals surface area contributed by atoms with Crippen LogP contribution in [0.5, 0.6) is 11.5 Å².